The number of benzene rings is 5. The first-order chi connectivity index (χ1) is 19.8. The lowest BCUT2D eigenvalue weighted by Crippen LogP contribution is -1.96. The number of pyridine rings is 1. The summed E-state index contributed by atoms with van der Waals surface area (Å²) in [5, 5.41) is 14.1. The lowest BCUT2D eigenvalue weighted by Gasteiger charge is -2.11. The van der Waals surface area contributed by atoms with Gasteiger partial charge in [0, 0.05) is 44.7 Å². The van der Waals surface area contributed by atoms with Crippen LogP contribution >= 0.6 is 0 Å². The molecule has 0 saturated heterocycles. The molecule has 0 spiro atoms. The maximum Gasteiger partial charge on any atom is 0.101 e. The van der Waals surface area contributed by atoms with E-state index in [1.165, 1.54) is 32.6 Å². The van der Waals surface area contributed by atoms with Gasteiger partial charge in [-0.1, -0.05) is 72.8 Å². The van der Waals surface area contributed by atoms with E-state index in [-0.39, 0.29) is 0 Å². The first kappa shape index (κ1) is 22.3. The summed E-state index contributed by atoms with van der Waals surface area (Å²) in [4.78, 5) is 4.54. The molecular weight excluding hydrogens is 488 g/mol. The minimum Gasteiger partial charge on any atom is -0.309 e. The Bertz CT molecular complexity index is 2260. The number of fused-ring (bicyclic) bond motifs is 7. The first-order valence-corrected chi connectivity index (χ1v) is 13.3. The van der Waals surface area contributed by atoms with Crippen LogP contribution in [-0.2, 0) is 0 Å². The van der Waals surface area contributed by atoms with E-state index >= 15 is 0 Å². The molecule has 4 nitrogen and oxygen atoms in total. The largest absolute Gasteiger partial charge is 0.309 e. The molecule has 0 atom stereocenters. The van der Waals surface area contributed by atoms with Crippen LogP contribution in [0.25, 0.3) is 66.2 Å². The smallest absolute Gasteiger partial charge is 0.101 e. The molecule has 0 aliphatic heterocycles. The van der Waals surface area contributed by atoms with Crippen molar-refractivity contribution in [3.8, 4) is 28.7 Å². The maximum atomic E-state index is 9.19. The Balaban J connectivity index is 1.48. The molecule has 0 N–H and O–H groups in total. The van der Waals surface area contributed by atoms with Gasteiger partial charge in [-0.2, -0.15) is 5.26 Å². The van der Waals surface area contributed by atoms with Crippen LogP contribution in [0, 0.1) is 11.3 Å². The number of nitrogens with zero attached hydrogens (tertiary/aromatic N) is 4. The molecule has 186 valence electrons. The second kappa shape index (κ2) is 8.69. The second-order valence-corrected chi connectivity index (χ2v) is 9.99. The van der Waals surface area contributed by atoms with Crippen molar-refractivity contribution in [2.45, 2.75) is 0 Å². The van der Waals surface area contributed by atoms with Crippen molar-refractivity contribution in [3.63, 3.8) is 0 Å². The topological polar surface area (TPSA) is 46.5 Å². The van der Waals surface area contributed by atoms with Crippen molar-refractivity contribution in [2.24, 2.45) is 0 Å². The van der Waals surface area contributed by atoms with Crippen molar-refractivity contribution >= 4 is 43.6 Å². The summed E-state index contributed by atoms with van der Waals surface area (Å²) in [7, 11) is 0. The normalized spacial score (nSPS) is 11.5. The van der Waals surface area contributed by atoms with Crippen LogP contribution in [0.5, 0.6) is 0 Å². The third-order valence-corrected chi connectivity index (χ3v) is 7.78. The van der Waals surface area contributed by atoms with E-state index in [1.54, 1.807) is 6.20 Å². The zero-order chi connectivity index (χ0) is 26.6. The van der Waals surface area contributed by atoms with Crippen molar-refractivity contribution in [1.82, 2.24) is 14.1 Å². The average molecular weight is 511 g/mol. The van der Waals surface area contributed by atoms with Crippen molar-refractivity contribution < 1.29 is 0 Å². The summed E-state index contributed by atoms with van der Waals surface area (Å²) in [6, 6.07) is 46.8. The van der Waals surface area contributed by atoms with Crippen molar-refractivity contribution in [3.05, 3.63) is 139 Å². The predicted molar refractivity (Wildman–Crippen MR) is 163 cm³/mol. The number of aromatic nitrogens is 3. The second-order valence-electron chi connectivity index (χ2n) is 9.99. The van der Waals surface area contributed by atoms with Gasteiger partial charge in [0.2, 0.25) is 0 Å². The minimum absolute atomic E-state index is 0.556. The quantitative estimate of drug-likeness (QED) is 0.238. The zero-order valence-electron chi connectivity index (χ0n) is 21.5. The van der Waals surface area contributed by atoms with Gasteiger partial charge in [0.05, 0.1) is 33.3 Å². The number of rotatable bonds is 3. The van der Waals surface area contributed by atoms with Crippen molar-refractivity contribution in [1.29, 1.82) is 5.26 Å². The minimum atomic E-state index is 0.556. The molecule has 0 saturated carbocycles. The third-order valence-electron chi connectivity index (χ3n) is 7.78. The SMILES string of the molecule is N#Cc1ccc(-c2cccc(-n3c4ccccc4c4c3ccc3c5ccccc5n(-c5ccccc5)c34)c2)nc1. The van der Waals surface area contributed by atoms with E-state index in [0.717, 1.165) is 33.7 Å². The molecular formula is C36H22N4. The van der Waals surface area contributed by atoms with Crippen molar-refractivity contribution in [2.75, 3.05) is 0 Å². The molecule has 8 aromatic rings. The molecule has 4 heteroatoms. The maximum absolute atomic E-state index is 9.19. The van der Waals surface area contributed by atoms with Gasteiger partial charge in [-0.3, -0.25) is 4.98 Å². The van der Waals surface area contributed by atoms with Gasteiger partial charge in [0.1, 0.15) is 6.07 Å². The van der Waals surface area contributed by atoms with E-state index in [2.05, 4.69) is 135 Å². The molecule has 0 radical (unpaired) electrons. The molecule has 3 aromatic heterocycles. The molecule has 0 fully saturated rings. The molecule has 40 heavy (non-hydrogen) atoms. The molecule has 3 heterocycles. The fourth-order valence-corrected chi connectivity index (χ4v) is 6.07. The molecule has 0 unspecified atom stereocenters. The summed E-state index contributed by atoms with van der Waals surface area (Å²) in [5.74, 6) is 0. The van der Waals surface area contributed by atoms with Gasteiger partial charge in [-0.15, -0.1) is 0 Å². The first-order valence-electron chi connectivity index (χ1n) is 13.3. The predicted octanol–water partition coefficient (Wildman–Crippen LogP) is 8.81. The molecule has 5 aromatic carbocycles. The molecule has 0 aliphatic carbocycles. The molecule has 8 rings (SSSR count). The van der Waals surface area contributed by atoms with Gasteiger partial charge in [0.15, 0.2) is 0 Å². The van der Waals surface area contributed by atoms with Gasteiger partial charge in [-0.25, -0.2) is 0 Å². The third kappa shape index (κ3) is 3.22. The average Bonchev–Trinajstić information content (AvgIpc) is 3.54. The van der Waals surface area contributed by atoms with Crippen LogP contribution in [0.4, 0.5) is 0 Å². The lowest BCUT2D eigenvalue weighted by molar-refractivity contribution is 1.17. The van der Waals surface area contributed by atoms with Crippen LogP contribution in [0.3, 0.4) is 0 Å². The van der Waals surface area contributed by atoms with E-state index in [0.29, 0.717) is 5.56 Å². The summed E-state index contributed by atoms with van der Waals surface area (Å²) in [6.07, 6.45) is 1.63. The molecule has 0 amide bonds. The Kier molecular flexibility index (Phi) is 4.85. The number of hydrogen-bond acceptors (Lipinski definition) is 2. The van der Waals surface area contributed by atoms with Crippen LogP contribution in [0.1, 0.15) is 5.56 Å². The summed E-state index contributed by atoms with van der Waals surface area (Å²) >= 11 is 0. The van der Waals surface area contributed by atoms with E-state index in [9.17, 15) is 5.26 Å². The van der Waals surface area contributed by atoms with Crippen LogP contribution in [0.2, 0.25) is 0 Å². The van der Waals surface area contributed by atoms with Crippen LogP contribution in [-0.4, -0.2) is 14.1 Å². The number of nitriles is 1. The summed E-state index contributed by atoms with van der Waals surface area (Å²) in [5.41, 5.74) is 9.33. The monoisotopic (exact) mass is 510 g/mol. The van der Waals surface area contributed by atoms with E-state index in [4.69, 9.17) is 0 Å². The highest BCUT2D eigenvalue weighted by atomic mass is 15.0. The highest BCUT2D eigenvalue weighted by Crippen LogP contribution is 2.42. The Morgan fingerprint density at radius 2 is 1.27 bits per heavy atom. The van der Waals surface area contributed by atoms with E-state index < -0.39 is 0 Å². The lowest BCUT2D eigenvalue weighted by atomic mass is 10.1. The summed E-state index contributed by atoms with van der Waals surface area (Å²) < 4.78 is 4.76. The van der Waals surface area contributed by atoms with Gasteiger partial charge in [0.25, 0.3) is 0 Å². The Morgan fingerprint density at radius 1 is 0.550 bits per heavy atom. The standard InChI is InChI=1S/C36H22N4/c37-22-24-17-19-31(38-23-24)25-9-8-12-27(21-25)39-33-16-7-5-14-30(33)35-34(39)20-18-29-28-13-4-6-15-32(28)40(36(29)35)26-10-2-1-3-11-26/h1-21,23H. The Hall–Kier alpha value is -5.66. The number of para-hydroxylation sites is 3. The molecule has 0 aliphatic rings. The highest BCUT2D eigenvalue weighted by Gasteiger charge is 2.20. The van der Waals surface area contributed by atoms with Gasteiger partial charge >= 0.3 is 0 Å². The fraction of sp³-hybridized carbons (Fsp3) is 0. The Morgan fingerprint density at radius 3 is 2.05 bits per heavy atom. The van der Waals surface area contributed by atoms with Crippen LogP contribution in [0.15, 0.2) is 134 Å². The highest BCUT2D eigenvalue weighted by molar-refractivity contribution is 6.26. The van der Waals surface area contributed by atoms with Gasteiger partial charge in [-0.05, 0) is 54.6 Å². The fourth-order valence-electron chi connectivity index (χ4n) is 6.07. The van der Waals surface area contributed by atoms with Crippen LogP contribution < -0.4 is 0 Å². The summed E-state index contributed by atoms with van der Waals surface area (Å²) in [6.45, 7) is 0. The number of hydrogen-bond donors (Lipinski definition) is 0. The zero-order valence-corrected chi connectivity index (χ0v) is 21.5. The van der Waals surface area contributed by atoms with Gasteiger partial charge < -0.3 is 9.13 Å². The Labute approximate surface area is 230 Å². The van der Waals surface area contributed by atoms with E-state index in [1.807, 2.05) is 12.1 Å². The molecule has 0 bridgehead atoms.